The van der Waals surface area contributed by atoms with Gasteiger partial charge in [0, 0.05) is 6.04 Å². The van der Waals surface area contributed by atoms with Gasteiger partial charge in [0.1, 0.15) is 12.0 Å². The Kier molecular flexibility index (Phi) is 1.87. The van der Waals surface area contributed by atoms with Crippen LogP contribution in [0.1, 0.15) is 0 Å². The summed E-state index contributed by atoms with van der Waals surface area (Å²) in [5.74, 6) is -0.260. The lowest BCUT2D eigenvalue weighted by Crippen LogP contribution is -2.29. The Morgan fingerprint density at radius 3 is 2.90 bits per heavy atom. The van der Waals surface area contributed by atoms with Gasteiger partial charge in [-0.05, 0) is 12.2 Å². The van der Waals surface area contributed by atoms with Gasteiger partial charge in [-0.2, -0.15) is 0 Å². The Morgan fingerprint density at radius 2 is 2.40 bits per heavy atom. The second-order valence-corrected chi connectivity index (χ2v) is 2.24. The molecule has 1 rings (SSSR count). The summed E-state index contributed by atoms with van der Waals surface area (Å²) in [4.78, 5) is 10.2. The molecule has 0 spiro atoms. The monoisotopic (exact) mass is 139 g/mol. The van der Waals surface area contributed by atoms with E-state index in [9.17, 15) is 4.79 Å². The summed E-state index contributed by atoms with van der Waals surface area (Å²) in [7, 11) is 0. The van der Waals surface area contributed by atoms with Crippen molar-refractivity contribution in [1.82, 2.24) is 0 Å². The molecule has 0 aromatic carbocycles. The molecule has 0 saturated heterocycles. The molecule has 0 aliphatic heterocycles. The van der Waals surface area contributed by atoms with Crippen LogP contribution in [0.25, 0.3) is 0 Å². The molecule has 3 heteroatoms. The number of nitrogens with two attached hydrogens (primary N) is 1. The minimum Gasteiger partial charge on any atom is -0.508 e. The van der Waals surface area contributed by atoms with Crippen molar-refractivity contribution in [2.24, 2.45) is 11.7 Å². The van der Waals surface area contributed by atoms with Crippen LogP contribution in [0.4, 0.5) is 0 Å². The number of aldehydes is 1. The molecule has 0 radical (unpaired) electrons. The first-order valence-corrected chi connectivity index (χ1v) is 3.04. The highest BCUT2D eigenvalue weighted by atomic mass is 16.3. The lowest BCUT2D eigenvalue weighted by atomic mass is 9.97. The summed E-state index contributed by atoms with van der Waals surface area (Å²) in [5.41, 5.74) is 5.48. The molecule has 0 amide bonds. The summed E-state index contributed by atoms with van der Waals surface area (Å²) >= 11 is 0. The summed E-state index contributed by atoms with van der Waals surface area (Å²) in [6, 6.07) is -0.284. The van der Waals surface area contributed by atoms with Crippen molar-refractivity contribution in [3.8, 4) is 0 Å². The molecule has 0 fully saturated rings. The van der Waals surface area contributed by atoms with Crippen LogP contribution in [0.2, 0.25) is 0 Å². The highest BCUT2D eigenvalue weighted by Gasteiger charge is 2.15. The Labute approximate surface area is 58.8 Å². The molecular formula is C7H9NO2. The Bertz CT molecular complexity index is 196. The summed E-state index contributed by atoms with van der Waals surface area (Å²) < 4.78 is 0. The molecule has 0 bridgehead atoms. The van der Waals surface area contributed by atoms with Gasteiger partial charge in [-0.3, -0.25) is 0 Å². The van der Waals surface area contributed by atoms with Crippen molar-refractivity contribution in [3.63, 3.8) is 0 Å². The molecule has 0 aromatic rings. The highest BCUT2D eigenvalue weighted by Crippen LogP contribution is 2.11. The van der Waals surface area contributed by atoms with Crippen LogP contribution in [0.15, 0.2) is 24.0 Å². The largest absolute Gasteiger partial charge is 0.508 e. The third-order valence-electron chi connectivity index (χ3n) is 1.45. The fraction of sp³-hybridized carbons (Fsp3) is 0.286. The topological polar surface area (TPSA) is 63.3 Å². The zero-order valence-electron chi connectivity index (χ0n) is 5.40. The lowest BCUT2D eigenvalue weighted by Gasteiger charge is -2.14. The quantitative estimate of drug-likeness (QED) is 0.508. The Balaban J connectivity index is 2.76. The van der Waals surface area contributed by atoms with E-state index in [0.29, 0.717) is 0 Å². The third-order valence-corrected chi connectivity index (χ3v) is 1.45. The fourth-order valence-corrected chi connectivity index (χ4v) is 0.832. The molecule has 3 nitrogen and oxygen atoms in total. The average molecular weight is 139 g/mol. The smallest absolute Gasteiger partial charge is 0.128 e. The number of carbonyl (C=O) groups is 1. The van der Waals surface area contributed by atoms with Gasteiger partial charge in [-0.15, -0.1) is 0 Å². The van der Waals surface area contributed by atoms with E-state index >= 15 is 0 Å². The first-order valence-electron chi connectivity index (χ1n) is 3.04. The van der Waals surface area contributed by atoms with Gasteiger partial charge in [0.15, 0.2) is 0 Å². The molecule has 3 N–H and O–H groups in total. The fourth-order valence-electron chi connectivity index (χ4n) is 0.832. The van der Waals surface area contributed by atoms with Crippen LogP contribution in [0, 0.1) is 5.92 Å². The second kappa shape index (κ2) is 2.66. The number of carbonyl (C=O) groups excluding carboxylic acids is 1. The van der Waals surface area contributed by atoms with Crippen LogP contribution in [0.5, 0.6) is 0 Å². The van der Waals surface area contributed by atoms with Crippen LogP contribution >= 0.6 is 0 Å². The van der Waals surface area contributed by atoms with E-state index in [1.165, 1.54) is 12.2 Å². The molecular weight excluding hydrogens is 130 g/mol. The molecule has 0 aromatic heterocycles. The van der Waals surface area contributed by atoms with Crippen LogP contribution in [-0.2, 0) is 4.79 Å². The van der Waals surface area contributed by atoms with Crippen molar-refractivity contribution >= 4 is 6.29 Å². The van der Waals surface area contributed by atoms with E-state index in [0.717, 1.165) is 6.29 Å². The van der Waals surface area contributed by atoms with Crippen molar-refractivity contribution < 1.29 is 9.90 Å². The number of aliphatic hydroxyl groups is 1. The third kappa shape index (κ3) is 1.25. The molecule has 0 saturated carbocycles. The average Bonchev–Trinajstić information content (AvgIpc) is 1.94. The van der Waals surface area contributed by atoms with Crippen LogP contribution in [0.3, 0.4) is 0 Å². The van der Waals surface area contributed by atoms with Crippen molar-refractivity contribution in [1.29, 1.82) is 0 Å². The molecule has 2 unspecified atom stereocenters. The van der Waals surface area contributed by atoms with E-state index in [-0.39, 0.29) is 17.7 Å². The number of hydrogen-bond acceptors (Lipinski definition) is 3. The van der Waals surface area contributed by atoms with Gasteiger partial charge in [0.05, 0.1) is 5.92 Å². The zero-order chi connectivity index (χ0) is 7.56. The van der Waals surface area contributed by atoms with Gasteiger partial charge < -0.3 is 15.6 Å². The van der Waals surface area contributed by atoms with Crippen molar-refractivity contribution in [2.75, 3.05) is 0 Å². The molecule has 0 heterocycles. The van der Waals surface area contributed by atoms with Crippen LogP contribution < -0.4 is 5.73 Å². The minimum atomic E-state index is -0.370. The maximum absolute atomic E-state index is 10.2. The van der Waals surface area contributed by atoms with Gasteiger partial charge in [-0.25, -0.2) is 0 Å². The Hall–Kier alpha value is -1.09. The van der Waals surface area contributed by atoms with Gasteiger partial charge in [0.25, 0.3) is 0 Å². The van der Waals surface area contributed by atoms with Gasteiger partial charge >= 0.3 is 0 Å². The number of hydrogen-bond donors (Lipinski definition) is 2. The molecule has 1 aliphatic carbocycles. The van der Waals surface area contributed by atoms with E-state index in [1.807, 2.05) is 0 Å². The van der Waals surface area contributed by atoms with Crippen molar-refractivity contribution in [2.45, 2.75) is 6.04 Å². The number of allylic oxidation sites excluding steroid dienone is 1. The maximum Gasteiger partial charge on any atom is 0.128 e. The van der Waals surface area contributed by atoms with E-state index < -0.39 is 0 Å². The minimum absolute atomic E-state index is 0.110. The summed E-state index contributed by atoms with van der Waals surface area (Å²) in [6.45, 7) is 0. The molecule has 54 valence electrons. The predicted molar refractivity (Wildman–Crippen MR) is 37.4 cm³/mol. The lowest BCUT2D eigenvalue weighted by molar-refractivity contribution is -0.110. The van der Waals surface area contributed by atoms with Crippen LogP contribution in [-0.4, -0.2) is 17.4 Å². The van der Waals surface area contributed by atoms with E-state index in [1.54, 1.807) is 6.08 Å². The molecule has 1 aliphatic rings. The standard InChI is InChI=1S/C7H9NO2/c8-7-2-1-6(10)3-5(7)4-9/h1-5,7,10H,8H2. The predicted octanol–water partition coefficient (Wildman–Crippen LogP) is 0.141. The number of rotatable bonds is 1. The summed E-state index contributed by atoms with van der Waals surface area (Å²) in [5, 5.41) is 8.89. The Morgan fingerprint density at radius 1 is 1.70 bits per heavy atom. The van der Waals surface area contributed by atoms with E-state index in [4.69, 9.17) is 10.8 Å². The zero-order valence-corrected chi connectivity index (χ0v) is 5.40. The molecule has 2 atom stereocenters. The summed E-state index contributed by atoms with van der Waals surface area (Å²) in [6.07, 6.45) is 5.26. The first kappa shape index (κ1) is 7.02. The van der Waals surface area contributed by atoms with Crippen molar-refractivity contribution in [3.05, 3.63) is 24.0 Å². The highest BCUT2D eigenvalue weighted by molar-refractivity contribution is 5.60. The van der Waals surface area contributed by atoms with Gasteiger partial charge in [-0.1, -0.05) is 6.08 Å². The normalized spacial score (nSPS) is 31.5. The SMILES string of the molecule is NC1C=CC(O)=CC1C=O. The first-order chi connectivity index (χ1) is 4.74. The van der Waals surface area contributed by atoms with E-state index in [2.05, 4.69) is 0 Å². The number of aliphatic hydroxyl groups excluding tert-OH is 1. The molecule has 10 heavy (non-hydrogen) atoms. The second-order valence-electron chi connectivity index (χ2n) is 2.24. The maximum atomic E-state index is 10.2. The van der Waals surface area contributed by atoms with Gasteiger partial charge in [0.2, 0.25) is 0 Å².